The van der Waals surface area contributed by atoms with E-state index in [1.54, 1.807) is 0 Å². The number of carbonyl (C=O) groups excluding carboxylic acids is 1. The Morgan fingerprint density at radius 1 is 1.24 bits per heavy atom. The summed E-state index contributed by atoms with van der Waals surface area (Å²) >= 11 is 0. The molecule has 0 spiro atoms. The third kappa shape index (κ3) is 3.65. The van der Waals surface area contributed by atoms with Crippen molar-refractivity contribution >= 4 is 11.7 Å². The summed E-state index contributed by atoms with van der Waals surface area (Å²) < 4.78 is 37.9. The predicted molar refractivity (Wildman–Crippen MR) is 71.3 cm³/mol. The minimum absolute atomic E-state index is 0.190. The van der Waals surface area contributed by atoms with E-state index in [4.69, 9.17) is 0 Å². The zero-order valence-corrected chi connectivity index (χ0v) is 10.7. The van der Waals surface area contributed by atoms with E-state index in [1.807, 2.05) is 0 Å². The van der Waals surface area contributed by atoms with Crippen molar-refractivity contribution in [1.29, 1.82) is 0 Å². The van der Waals surface area contributed by atoms with Gasteiger partial charge in [0.05, 0.1) is 23.7 Å². The quantitative estimate of drug-likeness (QED) is 0.883. The number of aromatic nitrogens is 2. The van der Waals surface area contributed by atoms with Crippen LogP contribution in [0, 0.1) is 0 Å². The van der Waals surface area contributed by atoms with Crippen molar-refractivity contribution in [3.8, 4) is 11.3 Å². The van der Waals surface area contributed by atoms with Gasteiger partial charge < -0.3 is 5.32 Å². The highest BCUT2D eigenvalue weighted by atomic mass is 19.4. The van der Waals surface area contributed by atoms with E-state index in [-0.39, 0.29) is 11.5 Å². The number of halogens is 3. The predicted octanol–water partition coefficient (Wildman–Crippen LogP) is 3.29. The molecule has 1 aromatic carbocycles. The van der Waals surface area contributed by atoms with Crippen LogP contribution in [0.1, 0.15) is 5.56 Å². The highest BCUT2D eigenvalue weighted by molar-refractivity contribution is 5.98. The number of hydrogen-bond donors (Lipinski definition) is 1. The third-order valence-corrected chi connectivity index (χ3v) is 2.57. The molecule has 0 fully saturated rings. The minimum atomic E-state index is -4.42. The van der Waals surface area contributed by atoms with Crippen molar-refractivity contribution in [3.05, 3.63) is 54.9 Å². The summed E-state index contributed by atoms with van der Waals surface area (Å²) in [5.41, 5.74) is -0.192. The molecule has 2 aromatic rings. The van der Waals surface area contributed by atoms with Crippen molar-refractivity contribution in [2.24, 2.45) is 0 Å². The van der Waals surface area contributed by atoms with E-state index in [1.165, 1.54) is 24.5 Å². The molecular formula is C14H10F3N3O. The summed E-state index contributed by atoms with van der Waals surface area (Å²) in [6.45, 7) is 3.29. The summed E-state index contributed by atoms with van der Waals surface area (Å²) in [6.07, 6.45) is -0.797. The van der Waals surface area contributed by atoms with Crippen LogP contribution in [-0.4, -0.2) is 15.9 Å². The number of amides is 1. The lowest BCUT2D eigenvalue weighted by Gasteiger charge is -2.08. The van der Waals surface area contributed by atoms with Crippen molar-refractivity contribution in [1.82, 2.24) is 9.97 Å². The van der Waals surface area contributed by atoms with Crippen LogP contribution in [0.5, 0.6) is 0 Å². The normalized spacial score (nSPS) is 11.0. The van der Waals surface area contributed by atoms with Crippen LogP contribution in [0.2, 0.25) is 0 Å². The highest BCUT2D eigenvalue weighted by Gasteiger charge is 2.30. The Balaban J connectivity index is 2.27. The third-order valence-electron chi connectivity index (χ3n) is 2.57. The molecule has 21 heavy (non-hydrogen) atoms. The lowest BCUT2D eigenvalue weighted by molar-refractivity contribution is -0.137. The maximum Gasteiger partial charge on any atom is 0.416 e. The van der Waals surface area contributed by atoms with Gasteiger partial charge in [-0.15, -0.1) is 0 Å². The smallest absolute Gasteiger partial charge is 0.306 e. The molecule has 1 N–H and O–H groups in total. The van der Waals surface area contributed by atoms with Gasteiger partial charge in [-0.3, -0.25) is 9.78 Å². The van der Waals surface area contributed by atoms with Gasteiger partial charge in [-0.2, -0.15) is 13.2 Å². The van der Waals surface area contributed by atoms with E-state index in [0.29, 0.717) is 5.56 Å². The zero-order valence-electron chi connectivity index (χ0n) is 10.7. The molecule has 2 rings (SSSR count). The molecule has 1 amide bonds. The summed E-state index contributed by atoms with van der Waals surface area (Å²) in [6, 6.07) is 4.77. The number of rotatable bonds is 3. The molecule has 0 unspecified atom stereocenters. The van der Waals surface area contributed by atoms with Crippen molar-refractivity contribution < 1.29 is 18.0 Å². The SMILES string of the molecule is C=CC(=O)Nc1cnc(-c2cccc(C(F)(F)F)c2)cn1. The van der Waals surface area contributed by atoms with E-state index < -0.39 is 17.6 Å². The van der Waals surface area contributed by atoms with Gasteiger partial charge in [0.15, 0.2) is 5.82 Å². The molecule has 1 heterocycles. The largest absolute Gasteiger partial charge is 0.416 e. The van der Waals surface area contributed by atoms with Crippen LogP contribution < -0.4 is 5.32 Å². The lowest BCUT2D eigenvalue weighted by atomic mass is 10.1. The van der Waals surface area contributed by atoms with Crippen LogP contribution in [-0.2, 0) is 11.0 Å². The average Bonchev–Trinajstić information content (AvgIpc) is 2.47. The Bertz CT molecular complexity index is 666. The van der Waals surface area contributed by atoms with Crippen LogP contribution >= 0.6 is 0 Å². The second-order valence-electron chi connectivity index (χ2n) is 4.06. The van der Waals surface area contributed by atoms with Crippen LogP contribution in [0.15, 0.2) is 49.3 Å². The maximum absolute atomic E-state index is 12.6. The van der Waals surface area contributed by atoms with E-state index in [0.717, 1.165) is 18.2 Å². The Hall–Kier alpha value is -2.70. The first-order valence-corrected chi connectivity index (χ1v) is 5.83. The Morgan fingerprint density at radius 2 is 2.00 bits per heavy atom. The molecule has 1 aromatic heterocycles. The number of alkyl halides is 3. The first kappa shape index (κ1) is 14.7. The molecule has 0 saturated carbocycles. The van der Waals surface area contributed by atoms with Crippen LogP contribution in [0.3, 0.4) is 0 Å². The molecule has 0 aliphatic heterocycles. The number of nitrogens with one attached hydrogen (secondary N) is 1. The maximum atomic E-state index is 12.6. The van der Waals surface area contributed by atoms with E-state index in [2.05, 4.69) is 21.9 Å². The van der Waals surface area contributed by atoms with E-state index in [9.17, 15) is 18.0 Å². The number of anilines is 1. The molecule has 0 aliphatic rings. The summed E-state index contributed by atoms with van der Waals surface area (Å²) in [5, 5.41) is 2.40. The Morgan fingerprint density at radius 3 is 2.57 bits per heavy atom. The number of benzene rings is 1. The topological polar surface area (TPSA) is 54.9 Å². The van der Waals surface area contributed by atoms with Crippen molar-refractivity contribution in [2.75, 3.05) is 5.32 Å². The first-order valence-electron chi connectivity index (χ1n) is 5.83. The van der Waals surface area contributed by atoms with Gasteiger partial charge in [0.2, 0.25) is 5.91 Å². The summed E-state index contributed by atoms with van der Waals surface area (Å²) in [4.78, 5) is 19.0. The first-order chi connectivity index (χ1) is 9.90. The minimum Gasteiger partial charge on any atom is -0.306 e. The fourth-order valence-corrected chi connectivity index (χ4v) is 1.57. The molecule has 0 bridgehead atoms. The Kier molecular flexibility index (Phi) is 4.02. The molecule has 0 radical (unpaired) electrons. The van der Waals surface area contributed by atoms with Gasteiger partial charge in [-0.25, -0.2) is 4.98 Å². The molecule has 7 heteroatoms. The zero-order chi connectivity index (χ0) is 15.5. The Labute approximate surface area is 118 Å². The van der Waals surface area contributed by atoms with Crippen molar-refractivity contribution in [2.45, 2.75) is 6.18 Å². The van der Waals surface area contributed by atoms with Crippen LogP contribution in [0.25, 0.3) is 11.3 Å². The molecular weight excluding hydrogens is 283 g/mol. The fourth-order valence-electron chi connectivity index (χ4n) is 1.57. The number of carbonyl (C=O) groups is 1. The standard InChI is InChI=1S/C14H10F3N3O/c1-2-13(21)20-12-8-18-11(7-19-12)9-4-3-5-10(6-9)14(15,16)17/h2-8H,1H2,(H,19,20,21). The van der Waals surface area contributed by atoms with E-state index >= 15 is 0 Å². The highest BCUT2D eigenvalue weighted by Crippen LogP contribution is 2.31. The molecule has 4 nitrogen and oxygen atoms in total. The number of hydrogen-bond acceptors (Lipinski definition) is 3. The average molecular weight is 293 g/mol. The summed E-state index contributed by atoms with van der Waals surface area (Å²) in [7, 11) is 0. The van der Waals surface area contributed by atoms with Gasteiger partial charge >= 0.3 is 6.18 Å². The monoisotopic (exact) mass is 293 g/mol. The van der Waals surface area contributed by atoms with Crippen LogP contribution in [0.4, 0.5) is 19.0 Å². The van der Waals surface area contributed by atoms with Gasteiger partial charge in [0.1, 0.15) is 0 Å². The van der Waals surface area contributed by atoms with Crippen molar-refractivity contribution in [3.63, 3.8) is 0 Å². The second kappa shape index (κ2) is 5.74. The van der Waals surface area contributed by atoms with Gasteiger partial charge in [-0.1, -0.05) is 18.7 Å². The molecule has 0 saturated heterocycles. The fraction of sp³-hybridized carbons (Fsp3) is 0.0714. The number of nitrogens with zero attached hydrogens (tertiary/aromatic N) is 2. The molecule has 108 valence electrons. The second-order valence-corrected chi connectivity index (χ2v) is 4.06. The summed E-state index contributed by atoms with van der Waals surface area (Å²) in [5.74, 6) is -0.258. The van der Waals surface area contributed by atoms with Gasteiger partial charge in [-0.05, 0) is 18.2 Å². The molecule has 0 atom stereocenters. The van der Waals surface area contributed by atoms with Gasteiger partial charge in [0, 0.05) is 5.56 Å². The van der Waals surface area contributed by atoms with Gasteiger partial charge in [0.25, 0.3) is 0 Å². The molecule has 0 aliphatic carbocycles. The lowest BCUT2D eigenvalue weighted by Crippen LogP contribution is -2.09.